The lowest BCUT2D eigenvalue weighted by atomic mass is 9.82. The van der Waals surface area contributed by atoms with Crippen LogP contribution in [-0.2, 0) is 16.4 Å². The number of anilines is 1. The Balaban J connectivity index is 1.98. The predicted molar refractivity (Wildman–Crippen MR) is 93.2 cm³/mol. The summed E-state index contributed by atoms with van der Waals surface area (Å²) in [6, 6.07) is 10.6. The van der Waals surface area contributed by atoms with Gasteiger partial charge in [0.2, 0.25) is 0 Å². The highest BCUT2D eigenvalue weighted by atomic mass is 32.2. The molecule has 0 heterocycles. The summed E-state index contributed by atoms with van der Waals surface area (Å²) in [5.41, 5.74) is 8.85. The van der Waals surface area contributed by atoms with Crippen molar-refractivity contribution in [2.45, 2.75) is 30.1 Å². The number of sulfonamides is 1. The van der Waals surface area contributed by atoms with Crippen molar-refractivity contribution in [3.63, 3.8) is 0 Å². The van der Waals surface area contributed by atoms with Crippen LogP contribution in [0.3, 0.4) is 0 Å². The van der Waals surface area contributed by atoms with E-state index in [1.807, 2.05) is 18.2 Å². The number of aryl methyl sites for hydroxylation is 1. The lowest BCUT2D eigenvalue weighted by molar-refractivity contribution is 0.560. The molecule has 0 saturated carbocycles. The van der Waals surface area contributed by atoms with Crippen LogP contribution in [0, 0.1) is 5.82 Å². The highest BCUT2D eigenvalue weighted by molar-refractivity contribution is 7.92. The van der Waals surface area contributed by atoms with E-state index in [2.05, 4.69) is 0 Å². The largest absolute Gasteiger partial charge is 0.330 e. The fourth-order valence-corrected chi connectivity index (χ4v) is 4.42. The summed E-state index contributed by atoms with van der Waals surface area (Å²) in [6.45, 7) is 0.560. The monoisotopic (exact) mass is 348 g/mol. The molecule has 1 aliphatic rings. The van der Waals surface area contributed by atoms with Crippen molar-refractivity contribution in [2.24, 2.45) is 5.73 Å². The minimum Gasteiger partial charge on any atom is -0.330 e. The Morgan fingerprint density at radius 2 is 1.92 bits per heavy atom. The van der Waals surface area contributed by atoms with Crippen molar-refractivity contribution in [3.8, 4) is 0 Å². The minimum atomic E-state index is -3.72. The average molecular weight is 348 g/mol. The Morgan fingerprint density at radius 3 is 2.58 bits per heavy atom. The first-order valence-corrected chi connectivity index (χ1v) is 9.45. The quantitative estimate of drug-likeness (QED) is 0.924. The van der Waals surface area contributed by atoms with Crippen LogP contribution in [0.25, 0.3) is 0 Å². The lowest BCUT2D eigenvalue weighted by Crippen LogP contribution is -2.27. The zero-order chi connectivity index (χ0) is 17.3. The lowest BCUT2D eigenvalue weighted by Gasteiger charge is -2.27. The van der Waals surface area contributed by atoms with E-state index in [1.165, 1.54) is 29.0 Å². The van der Waals surface area contributed by atoms with Gasteiger partial charge in [-0.25, -0.2) is 12.8 Å². The van der Waals surface area contributed by atoms with Crippen molar-refractivity contribution in [3.05, 3.63) is 59.4 Å². The van der Waals surface area contributed by atoms with Gasteiger partial charge in [0.15, 0.2) is 0 Å². The second-order valence-electron chi connectivity index (χ2n) is 6.13. The van der Waals surface area contributed by atoms with Gasteiger partial charge in [-0.05, 0) is 79.3 Å². The molecule has 0 aliphatic heterocycles. The van der Waals surface area contributed by atoms with E-state index in [0.29, 0.717) is 12.2 Å². The summed E-state index contributed by atoms with van der Waals surface area (Å²) >= 11 is 0. The van der Waals surface area contributed by atoms with Crippen LogP contribution in [0.2, 0.25) is 0 Å². The van der Waals surface area contributed by atoms with Crippen molar-refractivity contribution >= 4 is 15.7 Å². The van der Waals surface area contributed by atoms with Crippen LogP contribution in [0.5, 0.6) is 0 Å². The molecule has 0 radical (unpaired) electrons. The second-order valence-corrected chi connectivity index (χ2v) is 8.10. The van der Waals surface area contributed by atoms with Crippen molar-refractivity contribution in [2.75, 3.05) is 17.9 Å². The molecule has 1 aliphatic carbocycles. The van der Waals surface area contributed by atoms with Crippen LogP contribution in [0.15, 0.2) is 47.4 Å². The molecule has 1 unspecified atom stereocenters. The number of hydrogen-bond donors (Lipinski definition) is 1. The number of hydrogen-bond acceptors (Lipinski definition) is 3. The molecule has 3 rings (SSSR count). The Kier molecular flexibility index (Phi) is 4.60. The molecule has 2 aromatic rings. The smallest absolute Gasteiger partial charge is 0.264 e. The molecule has 0 fully saturated rings. The van der Waals surface area contributed by atoms with Gasteiger partial charge in [-0.3, -0.25) is 4.31 Å². The normalized spacial score (nSPS) is 17.4. The molecule has 128 valence electrons. The van der Waals surface area contributed by atoms with E-state index in [0.717, 1.165) is 37.0 Å². The first kappa shape index (κ1) is 16.9. The highest BCUT2D eigenvalue weighted by Crippen LogP contribution is 2.34. The van der Waals surface area contributed by atoms with Crippen LogP contribution in [-0.4, -0.2) is 22.0 Å². The van der Waals surface area contributed by atoms with E-state index in [1.54, 1.807) is 0 Å². The average Bonchev–Trinajstić information content (AvgIpc) is 2.60. The van der Waals surface area contributed by atoms with E-state index in [4.69, 9.17) is 5.73 Å². The van der Waals surface area contributed by atoms with Gasteiger partial charge in [-0.2, -0.15) is 0 Å². The van der Waals surface area contributed by atoms with Gasteiger partial charge in [-0.1, -0.05) is 6.07 Å². The number of rotatable bonds is 4. The molecule has 0 saturated heterocycles. The van der Waals surface area contributed by atoms with Crippen molar-refractivity contribution in [1.82, 2.24) is 0 Å². The van der Waals surface area contributed by atoms with Crippen LogP contribution in [0.1, 0.15) is 29.9 Å². The van der Waals surface area contributed by atoms with Crippen molar-refractivity contribution in [1.29, 1.82) is 0 Å². The topological polar surface area (TPSA) is 63.4 Å². The first-order chi connectivity index (χ1) is 11.4. The van der Waals surface area contributed by atoms with Crippen LogP contribution < -0.4 is 10.0 Å². The highest BCUT2D eigenvalue weighted by Gasteiger charge is 2.24. The minimum absolute atomic E-state index is 0.0690. The van der Waals surface area contributed by atoms with Crippen molar-refractivity contribution < 1.29 is 12.8 Å². The van der Waals surface area contributed by atoms with Gasteiger partial charge in [-0.15, -0.1) is 0 Å². The number of halogens is 1. The summed E-state index contributed by atoms with van der Waals surface area (Å²) in [4.78, 5) is 0.0690. The van der Waals surface area contributed by atoms with Gasteiger partial charge in [0, 0.05) is 7.05 Å². The Bertz CT molecular complexity index is 835. The van der Waals surface area contributed by atoms with E-state index >= 15 is 0 Å². The zero-order valence-electron chi connectivity index (χ0n) is 13.6. The summed E-state index contributed by atoms with van der Waals surface area (Å²) < 4.78 is 39.8. The maximum Gasteiger partial charge on any atom is 0.264 e. The maximum absolute atomic E-state index is 13.0. The van der Waals surface area contributed by atoms with Gasteiger partial charge in [0.25, 0.3) is 10.0 Å². The summed E-state index contributed by atoms with van der Waals surface area (Å²) in [5.74, 6) is -0.188. The number of nitrogens with zero attached hydrogens (tertiary/aromatic N) is 1. The second kappa shape index (κ2) is 6.53. The maximum atomic E-state index is 13.0. The third-order valence-corrected chi connectivity index (χ3v) is 6.49. The Labute approximate surface area is 142 Å². The Hall–Kier alpha value is -1.92. The fourth-order valence-electron chi connectivity index (χ4n) is 3.23. The summed E-state index contributed by atoms with van der Waals surface area (Å²) in [7, 11) is -2.21. The van der Waals surface area contributed by atoms with Gasteiger partial charge in [0.1, 0.15) is 5.82 Å². The van der Waals surface area contributed by atoms with Crippen LogP contribution >= 0.6 is 0 Å². The molecular formula is C18H21FN2O2S. The van der Waals surface area contributed by atoms with E-state index in [9.17, 15) is 12.8 Å². The standard InChI is InChI=1S/C18H21FN2O2S/c1-21(24(22,23)17-9-6-15(19)7-10-17)16-8-5-13-3-2-4-14(12-20)18(13)11-16/h5-11,14H,2-4,12,20H2,1H3. The van der Waals surface area contributed by atoms with E-state index < -0.39 is 15.8 Å². The zero-order valence-corrected chi connectivity index (χ0v) is 14.4. The molecular weight excluding hydrogens is 327 g/mol. The molecule has 1 atom stereocenters. The molecule has 0 amide bonds. The SMILES string of the molecule is CN(c1ccc2c(c1)C(CN)CCC2)S(=O)(=O)c1ccc(F)cc1. The Morgan fingerprint density at radius 1 is 1.21 bits per heavy atom. The molecule has 2 aromatic carbocycles. The molecule has 0 bridgehead atoms. The van der Waals surface area contributed by atoms with Gasteiger partial charge >= 0.3 is 0 Å². The van der Waals surface area contributed by atoms with Crippen LogP contribution in [0.4, 0.5) is 10.1 Å². The van der Waals surface area contributed by atoms with Gasteiger partial charge < -0.3 is 5.73 Å². The first-order valence-electron chi connectivity index (χ1n) is 8.01. The van der Waals surface area contributed by atoms with Gasteiger partial charge in [0.05, 0.1) is 10.6 Å². The molecule has 0 aromatic heterocycles. The molecule has 24 heavy (non-hydrogen) atoms. The molecule has 2 N–H and O–H groups in total. The molecule has 6 heteroatoms. The fraction of sp³-hybridized carbons (Fsp3) is 0.333. The third kappa shape index (κ3) is 3.03. The third-order valence-electron chi connectivity index (χ3n) is 4.69. The summed E-state index contributed by atoms with van der Waals surface area (Å²) in [6.07, 6.45) is 3.14. The molecule has 0 spiro atoms. The summed E-state index contributed by atoms with van der Waals surface area (Å²) in [5, 5.41) is 0. The number of benzene rings is 2. The molecule has 4 nitrogen and oxygen atoms in total. The van der Waals surface area contributed by atoms with E-state index in [-0.39, 0.29) is 10.8 Å². The number of nitrogens with two attached hydrogens (primary N) is 1. The predicted octanol–water partition coefficient (Wildman–Crippen LogP) is 3.03. The number of fused-ring (bicyclic) bond motifs is 1.